The lowest BCUT2D eigenvalue weighted by atomic mass is 10.0. The molecule has 0 saturated carbocycles. The summed E-state index contributed by atoms with van der Waals surface area (Å²) < 4.78 is 0. The van der Waals surface area contributed by atoms with Crippen LogP contribution in [0.4, 0.5) is 5.95 Å². The Kier molecular flexibility index (Phi) is 3.82. The largest absolute Gasteiger partial charge is 0.341 e. The van der Waals surface area contributed by atoms with E-state index in [-0.39, 0.29) is 5.91 Å². The zero-order chi connectivity index (χ0) is 13.9. The number of hydrogen-bond donors (Lipinski definition) is 1. The van der Waals surface area contributed by atoms with Crippen molar-refractivity contribution in [2.75, 3.05) is 31.1 Å². The number of nitrogens with zero attached hydrogens (tertiary/aromatic N) is 4. The maximum atomic E-state index is 12.0. The molecule has 108 valence electrons. The van der Waals surface area contributed by atoms with Crippen molar-refractivity contribution in [2.45, 2.75) is 25.3 Å². The highest BCUT2D eigenvalue weighted by molar-refractivity contribution is 5.79. The van der Waals surface area contributed by atoms with E-state index in [4.69, 9.17) is 5.73 Å². The zero-order valence-corrected chi connectivity index (χ0v) is 11.6. The molecule has 0 aromatic carbocycles. The molecule has 0 aliphatic carbocycles. The monoisotopic (exact) mass is 275 g/mol. The molecule has 0 spiro atoms. The summed E-state index contributed by atoms with van der Waals surface area (Å²) in [5, 5.41) is 0. The maximum Gasteiger partial charge on any atom is 0.225 e. The van der Waals surface area contributed by atoms with Crippen molar-refractivity contribution in [3.05, 3.63) is 18.5 Å². The highest BCUT2D eigenvalue weighted by Gasteiger charge is 2.35. The predicted octanol–water partition coefficient (Wildman–Crippen LogP) is 0.253. The van der Waals surface area contributed by atoms with Gasteiger partial charge in [0.2, 0.25) is 11.9 Å². The average molecular weight is 275 g/mol. The molecule has 1 aromatic rings. The van der Waals surface area contributed by atoms with Gasteiger partial charge in [0.25, 0.3) is 0 Å². The van der Waals surface area contributed by atoms with Gasteiger partial charge in [-0.25, -0.2) is 9.97 Å². The molecule has 2 aliphatic heterocycles. The number of anilines is 1. The van der Waals surface area contributed by atoms with Crippen LogP contribution in [0.25, 0.3) is 0 Å². The van der Waals surface area contributed by atoms with Crippen molar-refractivity contribution >= 4 is 11.9 Å². The van der Waals surface area contributed by atoms with Gasteiger partial charge in [-0.3, -0.25) is 4.79 Å². The van der Waals surface area contributed by atoms with Crippen LogP contribution in [0.5, 0.6) is 0 Å². The Labute approximate surface area is 119 Å². The molecule has 2 saturated heterocycles. The molecule has 6 heteroatoms. The van der Waals surface area contributed by atoms with E-state index >= 15 is 0 Å². The van der Waals surface area contributed by atoms with E-state index in [2.05, 4.69) is 14.9 Å². The lowest BCUT2D eigenvalue weighted by Crippen LogP contribution is -2.46. The first kappa shape index (κ1) is 13.3. The van der Waals surface area contributed by atoms with Crippen LogP contribution >= 0.6 is 0 Å². The van der Waals surface area contributed by atoms with Gasteiger partial charge in [0, 0.05) is 44.5 Å². The normalized spacial score (nSPS) is 24.4. The van der Waals surface area contributed by atoms with E-state index in [1.54, 1.807) is 12.4 Å². The molecule has 1 aromatic heterocycles. The van der Waals surface area contributed by atoms with Gasteiger partial charge >= 0.3 is 0 Å². The summed E-state index contributed by atoms with van der Waals surface area (Å²) >= 11 is 0. The number of piperidine rings is 1. The van der Waals surface area contributed by atoms with Crippen LogP contribution in [0.15, 0.2) is 18.5 Å². The van der Waals surface area contributed by atoms with Crippen LogP contribution < -0.4 is 10.6 Å². The van der Waals surface area contributed by atoms with Crippen LogP contribution in [0.3, 0.4) is 0 Å². The van der Waals surface area contributed by atoms with Gasteiger partial charge in [0.15, 0.2) is 0 Å². The number of rotatable bonds is 3. The molecule has 0 bridgehead atoms. The summed E-state index contributed by atoms with van der Waals surface area (Å²) in [6.45, 7) is 3.26. The fourth-order valence-electron chi connectivity index (χ4n) is 3.15. The first-order chi connectivity index (χ1) is 9.78. The minimum atomic E-state index is 0.273. The van der Waals surface area contributed by atoms with Crippen LogP contribution in [0.1, 0.15) is 19.3 Å². The van der Waals surface area contributed by atoms with Gasteiger partial charge in [0.1, 0.15) is 0 Å². The van der Waals surface area contributed by atoms with Gasteiger partial charge < -0.3 is 15.5 Å². The van der Waals surface area contributed by atoms with E-state index in [1.807, 2.05) is 11.0 Å². The number of carbonyl (C=O) groups excluding carboxylic acids is 1. The number of aromatic nitrogens is 2. The first-order valence-corrected chi connectivity index (χ1v) is 7.29. The van der Waals surface area contributed by atoms with Gasteiger partial charge in [0.05, 0.1) is 0 Å². The molecular formula is C14H21N5O. The first-order valence-electron chi connectivity index (χ1n) is 7.29. The molecular weight excluding hydrogens is 254 g/mol. The SMILES string of the molecule is NCC1CC(=O)N(C2CCN(c3ncccn3)CC2)C1. The van der Waals surface area contributed by atoms with Crippen LogP contribution in [0.2, 0.25) is 0 Å². The molecule has 1 atom stereocenters. The number of carbonyl (C=O) groups is 1. The van der Waals surface area contributed by atoms with E-state index in [0.29, 0.717) is 24.9 Å². The van der Waals surface area contributed by atoms with E-state index in [1.165, 1.54) is 0 Å². The minimum Gasteiger partial charge on any atom is -0.341 e. The smallest absolute Gasteiger partial charge is 0.225 e. The third kappa shape index (κ3) is 2.60. The molecule has 6 nitrogen and oxygen atoms in total. The fraction of sp³-hybridized carbons (Fsp3) is 0.643. The second kappa shape index (κ2) is 5.75. The Balaban J connectivity index is 1.58. The molecule has 2 N–H and O–H groups in total. The second-order valence-electron chi connectivity index (χ2n) is 5.62. The maximum absolute atomic E-state index is 12.0. The van der Waals surface area contributed by atoms with Gasteiger partial charge in [-0.15, -0.1) is 0 Å². The number of hydrogen-bond acceptors (Lipinski definition) is 5. The summed E-state index contributed by atoms with van der Waals surface area (Å²) in [6, 6.07) is 2.19. The number of amides is 1. The molecule has 1 unspecified atom stereocenters. The van der Waals surface area contributed by atoms with Crippen LogP contribution in [-0.2, 0) is 4.79 Å². The zero-order valence-electron chi connectivity index (χ0n) is 11.6. The average Bonchev–Trinajstić information content (AvgIpc) is 2.89. The Morgan fingerprint density at radius 1 is 1.25 bits per heavy atom. The van der Waals surface area contributed by atoms with E-state index in [0.717, 1.165) is 38.4 Å². The van der Waals surface area contributed by atoms with E-state index in [9.17, 15) is 4.79 Å². The Bertz CT molecular complexity index is 458. The Morgan fingerprint density at radius 2 is 1.95 bits per heavy atom. The quantitative estimate of drug-likeness (QED) is 0.856. The van der Waals surface area contributed by atoms with E-state index < -0.39 is 0 Å². The molecule has 2 aliphatic rings. The van der Waals surface area contributed by atoms with Gasteiger partial charge in [-0.1, -0.05) is 0 Å². The molecule has 1 amide bonds. The topological polar surface area (TPSA) is 75.4 Å². The highest BCUT2D eigenvalue weighted by Crippen LogP contribution is 2.25. The lowest BCUT2D eigenvalue weighted by Gasteiger charge is -2.36. The van der Waals surface area contributed by atoms with Crippen LogP contribution in [-0.4, -0.2) is 53.0 Å². The summed E-state index contributed by atoms with van der Waals surface area (Å²) in [6.07, 6.45) is 6.13. The summed E-state index contributed by atoms with van der Waals surface area (Å²) in [7, 11) is 0. The molecule has 2 fully saturated rings. The van der Waals surface area contributed by atoms with Crippen molar-refractivity contribution in [1.82, 2.24) is 14.9 Å². The standard InChI is InChI=1S/C14H21N5O/c15-9-11-8-13(20)19(10-11)12-2-6-18(7-3-12)14-16-4-1-5-17-14/h1,4-5,11-12H,2-3,6-10,15H2. The number of likely N-dealkylation sites (tertiary alicyclic amines) is 1. The molecule has 3 heterocycles. The molecule has 3 rings (SSSR count). The highest BCUT2D eigenvalue weighted by atomic mass is 16.2. The van der Waals surface area contributed by atoms with Crippen molar-refractivity contribution in [2.24, 2.45) is 11.7 Å². The number of nitrogens with two attached hydrogens (primary N) is 1. The Morgan fingerprint density at radius 3 is 2.55 bits per heavy atom. The summed E-state index contributed by atoms with van der Waals surface area (Å²) in [4.78, 5) is 24.8. The van der Waals surface area contributed by atoms with Gasteiger partial charge in [-0.05, 0) is 31.4 Å². The van der Waals surface area contributed by atoms with Crippen molar-refractivity contribution in [3.63, 3.8) is 0 Å². The third-order valence-corrected chi connectivity index (χ3v) is 4.31. The van der Waals surface area contributed by atoms with Crippen molar-refractivity contribution < 1.29 is 4.79 Å². The second-order valence-corrected chi connectivity index (χ2v) is 5.62. The molecule has 0 radical (unpaired) electrons. The fourth-order valence-corrected chi connectivity index (χ4v) is 3.15. The summed E-state index contributed by atoms with van der Waals surface area (Å²) in [5.41, 5.74) is 5.68. The van der Waals surface area contributed by atoms with Crippen molar-refractivity contribution in [3.8, 4) is 0 Å². The Hall–Kier alpha value is -1.69. The minimum absolute atomic E-state index is 0.273. The van der Waals surface area contributed by atoms with Crippen molar-refractivity contribution in [1.29, 1.82) is 0 Å². The lowest BCUT2D eigenvalue weighted by molar-refractivity contribution is -0.130. The van der Waals surface area contributed by atoms with Gasteiger partial charge in [-0.2, -0.15) is 0 Å². The van der Waals surface area contributed by atoms with Crippen LogP contribution in [0, 0.1) is 5.92 Å². The predicted molar refractivity (Wildman–Crippen MR) is 76.1 cm³/mol. The third-order valence-electron chi connectivity index (χ3n) is 4.31. The molecule has 20 heavy (non-hydrogen) atoms. The summed E-state index contributed by atoms with van der Waals surface area (Å²) in [5.74, 6) is 1.41.